The molecule has 5 nitrogen and oxygen atoms in total. The molecule has 0 atom stereocenters. The van der Waals surface area contributed by atoms with Crippen molar-refractivity contribution >= 4 is 11.9 Å². The van der Waals surface area contributed by atoms with Gasteiger partial charge in [-0.1, -0.05) is 0 Å². The molecule has 1 amide bonds. The monoisotopic (exact) mass is 174 g/mol. The maximum Gasteiger partial charge on any atom is 0.323 e. The normalized spacial score (nSPS) is 10.0. The van der Waals surface area contributed by atoms with E-state index in [-0.39, 0.29) is 19.0 Å². The number of nitrogens with zero attached hydrogens (tertiary/aromatic N) is 2. The smallest absolute Gasteiger partial charge is 0.323 e. The number of hydrogen-bond donors (Lipinski definition) is 1. The molecule has 0 aromatic carbocycles. The van der Waals surface area contributed by atoms with Crippen LogP contribution in [0.1, 0.15) is 0 Å². The van der Waals surface area contributed by atoms with Gasteiger partial charge in [0, 0.05) is 7.05 Å². The summed E-state index contributed by atoms with van der Waals surface area (Å²) in [7, 11) is 4.99. The fourth-order valence-corrected chi connectivity index (χ4v) is 0.682. The summed E-state index contributed by atoms with van der Waals surface area (Å²) in [6.07, 6.45) is 0. The quantitative estimate of drug-likeness (QED) is 0.599. The number of aliphatic carboxylic acids is 1. The number of carboxylic acids is 1. The average molecular weight is 174 g/mol. The van der Waals surface area contributed by atoms with E-state index in [1.165, 1.54) is 11.9 Å². The van der Waals surface area contributed by atoms with Crippen molar-refractivity contribution in [2.24, 2.45) is 0 Å². The van der Waals surface area contributed by atoms with Crippen LogP contribution in [0.25, 0.3) is 0 Å². The Balaban J connectivity index is 3.85. The van der Waals surface area contributed by atoms with Crippen LogP contribution in [0.5, 0.6) is 0 Å². The molecule has 0 fully saturated rings. The number of hydrogen-bond acceptors (Lipinski definition) is 3. The summed E-state index contributed by atoms with van der Waals surface area (Å²) >= 11 is 0. The number of carboxylic acid groups (broad SMARTS) is 1. The van der Waals surface area contributed by atoms with Gasteiger partial charge in [-0.2, -0.15) is 0 Å². The minimum Gasteiger partial charge on any atom is -0.480 e. The molecule has 0 spiro atoms. The Morgan fingerprint density at radius 1 is 1.17 bits per heavy atom. The number of rotatable bonds is 4. The molecule has 0 saturated heterocycles. The SMILES string of the molecule is CN(C)CC(=O)N(C)CC(=O)O. The van der Waals surface area contributed by atoms with Crippen LogP contribution < -0.4 is 0 Å². The summed E-state index contributed by atoms with van der Waals surface area (Å²) in [5.41, 5.74) is 0. The standard InChI is InChI=1S/C7H14N2O3/c1-8(2)4-6(10)9(3)5-7(11)12/h4-5H2,1-3H3,(H,11,12). The summed E-state index contributed by atoms with van der Waals surface area (Å²) in [6, 6.07) is 0. The lowest BCUT2D eigenvalue weighted by molar-refractivity contribution is -0.143. The lowest BCUT2D eigenvalue weighted by Gasteiger charge is -2.17. The fourth-order valence-electron chi connectivity index (χ4n) is 0.682. The molecule has 0 radical (unpaired) electrons. The molecule has 70 valence electrons. The summed E-state index contributed by atoms with van der Waals surface area (Å²) in [5.74, 6) is -1.19. The van der Waals surface area contributed by atoms with Crippen molar-refractivity contribution in [3.63, 3.8) is 0 Å². The van der Waals surface area contributed by atoms with Crippen molar-refractivity contribution in [1.29, 1.82) is 0 Å². The second-order valence-electron chi connectivity index (χ2n) is 2.88. The molecule has 0 aliphatic carbocycles. The molecule has 0 saturated carbocycles. The third-order valence-corrected chi connectivity index (χ3v) is 1.25. The zero-order valence-electron chi connectivity index (χ0n) is 7.57. The topological polar surface area (TPSA) is 60.9 Å². The van der Waals surface area contributed by atoms with Crippen molar-refractivity contribution < 1.29 is 14.7 Å². The van der Waals surface area contributed by atoms with E-state index in [1.807, 2.05) is 0 Å². The Morgan fingerprint density at radius 3 is 2.00 bits per heavy atom. The third kappa shape index (κ3) is 4.68. The minimum absolute atomic E-state index is 0.192. The van der Waals surface area contributed by atoms with Crippen LogP contribution in [0.4, 0.5) is 0 Å². The van der Waals surface area contributed by atoms with Crippen molar-refractivity contribution in [2.45, 2.75) is 0 Å². The van der Waals surface area contributed by atoms with Gasteiger partial charge in [-0.3, -0.25) is 9.59 Å². The molecule has 0 aliphatic rings. The Kier molecular flexibility index (Phi) is 4.28. The first kappa shape index (κ1) is 10.9. The molecule has 0 bridgehead atoms. The third-order valence-electron chi connectivity index (χ3n) is 1.25. The summed E-state index contributed by atoms with van der Waals surface area (Å²) in [6.45, 7) is -0.00352. The molecule has 0 aliphatic heterocycles. The highest BCUT2D eigenvalue weighted by molar-refractivity contribution is 5.82. The average Bonchev–Trinajstić information content (AvgIpc) is 1.84. The highest BCUT2D eigenvalue weighted by Gasteiger charge is 2.11. The summed E-state index contributed by atoms with van der Waals surface area (Å²) in [5, 5.41) is 8.36. The Bertz CT molecular complexity index is 179. The van der Waals surface area contributed by atoms with E-state index in [2.05, 4.69) is 0 Å². The van der Waals surface area contributed by atoms with Crippen molar-refractivity contribution in [2.75, 3.05) is 34.2 Å². The van der Waals surface area contributed by atoms with E-state index >= 15 is 0 Å². The lowest BCUT2D eigenvalue weighted by Crippen LogP contribution is -2.37. The molecule has 1 N–H and O–H groups in total. The lowest BCUT2D eigenvalue weighted by atomic mass is 10.4. The molecule has 5 heteroatoms. The Morgan fingerprint density at radius 2 is 1.67 bits per heavy atom. The zero-order valence-corrected chi connectivity index (χ0v) is 7.57. The van der Waals surface area contributed by atoms with Crippen LogP contribution in [0, 0.1) is 0 Å². The zero-order chi connectivity index (χ0) is 9.72. The highest BCUT2D eigenvalue weighted by Crippen LogP contribution is 1.86. The largest absolute Gasteiger partial charge is 0.480 e. The maximum atomic E-state index is 11.1. The Hall–Kier alpha value is -1.10. The second kappa shape index (κ2) is 4.71. The van der Waals surface area contributed by atoms with E-state index in [1.54, 1.807) is 19.0 Å². The molecular weight excluding hydrogens is 160 g/mol. The van der Waals surface area contributed by atoms with Gasteiger partial charge in [0.15, 0.2) is 0 Å². The highest BCUT2D eigenvalue weighted by atomic mass is 16.4. The number of carbonyl (C=O) groups excluding carboxylic acids is 1. The van der Waals surface area contributed by atoms with E-state index in [0.717, 1.165) is 0 Å². The van der Waals surface area contributed by atoms with Crippen molar-refractivity contribution in [3.05, 3.63) is 0 Å². The molecule has 0 aromatic heterocycles. The van der Waals surface area contributed by atoms with Gasteiger partial charge in [0.25, 0.3) is 0 Å². The number of likely N-dealkylation sites (N-methyl/N-ethyl adjacent to an activating group) is 2. The first-order valence-electron chi connectivity index (χ1n) is 3.54. The molecule has 0 unspecified atom stereocenters. The van der Waals surface area contributed by atoms with Crippen molar-refractivity contribution in [3.8, 4) is 0 Å². The summed E-state index contributed by atoms with van der Waals surface area (Å²) in [4.78, 5) is 24.2. The maximum absolute atomic E-state index is 11.1. The molecule has 0 heterocycles. The van der Waals surface area contributed by atoms with E-state index in [4.69, 9.17) is 5.11 Å². The number of carbonyl (C=O) groups is 2. The molecule has 0 rings (SSSR count). The van der Waals surface area contributed by atoms with Crippen molar-refractivity contribution in [1.82, 2.24) is 9.80 Å². The minimum atomic E-state index is -0.996. The predicted octanol–water partition coefficient (Wildman–Crippen LogP) is -0.909. The van der Waals surface area contributed by atoms with Gasteiger partial charge in [0.1, 0.15) is 6.54 Å². The molecule has 12 heavy (non-hydrogen) atoms. The first-order valence-corrected chi connectivity index (χ1v) is 3.54. The number of amides is 1. The van der Waals surface area contributed by atoms with Gasteiger partial charge in [-0.15, -0.1) is 0 Å². The molecular formula is C7H14N2O3. The van der Waals surface area contributed by atoms with Gasteiger partial charge in [0.2, 0.25) is 5.91 Å². The van der Waals surface area contributed by atoms with E-state index in [9.17, 15) is 9.59 Å². The summed E-state index contributed by atoms with van der Waals surface area (Å²) < 4.78 is 0. The van der Waals surface area contributed by atoms with Crippen LogP contribution in [0.2, 0.25) is 0 Å². The van der Waals surface area contributed by atoms with Crippen LogP contribution in [0.3, 0.4) is 0 Å². The van der Waals surface area contributed by atoms with Gasteiger partial charge in [-0.25, -0.2) is 0 Å². The van der Waals surface area contributed by atoms with Gasteiger partial charge in [-0.05, 0) is 14.1 Å². The van der Waals surface area contributed by atoms with E-state index in [0.29, 0.717) is 0 Å². The fraction of sp³-hybridized carbons (Fsp3) is 0.714. The Labute approximate surface area is 71.6 Å². The second-order valence-corrected chi connectivity index (χ2v) is 2.88. The van der Waals surface area contributed by atoms with Crippen LogP contribution in [0.15, 0.2) is 0 Å². The van der Waals surface area contributed by atoms with Crippen LogP contribution >= 0.6 is 0 Å². The predicted molar refractivity (Wildman–Crippen MR) is 43.8 cm³/mol. The van der Waals surface area contributed by atoms with Crippen LogP contribution in [-0.4, -0.2) is 61.0 Å². The van der Waals surface area contributed by atoms with Gasteiger partial charge in [0.05, 0.1) is 6.54 Å². The first-order chi connectivity index (χ1) is 5.43. The van der Waals surface area contributed by atoms with Gasteiger partial charge < -0.3 is 14.9 Å². The van der Waals surface area contributed by atoms with Crippen LogP contribution in [-0.2, 0) is 9.59 Å². The van der Waals surface area contributed by atoms with E-state index < -0.39 is 5.97 Å². The van der Waals surface area contributed by atoms with Gasteiger partial charge >= 0.3 is 5.97 Å². The molecule has 0 aromatic rings.